The summed E-state index contributed by atoms with van der Waals surface area (Å²) in [5, 5.41) is 12.0. The zero-order valence-electron chi connectivity index (χ0n) is 23.1. The Hall–Kier alpha value is -3.99. The molecule has 1 aliphatic rings. The van der Waals surface area contributed by atoms with Crippen LogP contribution in [-0.4, -0.2) is 37.4 Å². The second-order valence-corrected chi connectivity index (χ2v) is 11.5. The average molecular weight is 611 g/mol. The van der Waals surface area contributed by atoms with E-state index in [1.54, 1.807) is 73.7 Å². The van der Waals surface area contributed by atoms with Crippen molar-refractivity contribution in [3.63, 3.8) is 0 Å². The fraction of sp³-hybridized carbons (Fsp3) is 0.207. The zero-order valence-corrected chi connectivity index (χ0v) is 24.8. The summed E-state index contributed by atoms with van der Waals surface area (Å²) < 4.78 is 23.8. The van der Waals surface area contributed by atoms with Crippen molar-refractivity contribution in [2.45, 2.75) is 26.3 Å². The summed E-state index contributed by atoms with van der Waals surface area (Å²) in [4.78, 5) is 26.4. The van der Waals surface area contributed by atoms with Gasteiger partial charge in [-0.25, -0.2) is 10.5 Å². The van der Waals surface area contributed by atoms with Gasteiger partial charge >= 0.3 is 7.60 Å². The SMILES string of the molecule is CCOP(=O)(OCC)c1ccc(NC(=O)[C@H](Cc2ccccc2)NC(=O)/C=C/c2cc(Cl)ccc2N2C=NNN2)cc1. The monoisotopic (exact) mass is 610 g/mol. The van der Waals surface area contributed by atoms with E-state index in [9.17, 15) is 14.2 Å². The third-order valence-electron chi connectivity index (χ3n) is 6.04. The molecule has 3 aromatic carbocycles. The molecular weight excluding hydrogens is 579 g/mol. The Morgan fingerprint density at radius 3 is 2.40 bits per heavy atom. The molecule has 0 spiro atoms. The molecule has 0 radical (unpaired) electrons. The lowest BCUT2D eigenvalue weighted by molar-refractivity contribution is -0.123. The second kappa shape index (κ2) is 14.8. The number of nitrogens with one attached hydrogen (secondary N) is 4. The highest BCUT2D eigenvalue weighted by molar-refractivity contribution is 7.62. The number of amides is 2. The quantitative estimate of drug-likeness (QED) is 0.166. The minimum absolute atomic E-state index is 0.226. The van der Waals surface area contributed by atoms with Gasteiger partial charge in [0.1, 0.15) is 12.4 Å². The highest BCUT2D eigenvalue weighted by Gasteiger charge is 2.27. The summed E-state index contributed by atoms with van der Waals surface area (Å²) in [5.74, 6) is -0.888. The van der Waals surface area contributed by atoms with Crippen LogP contribution in [0, 0.1) is 0 Å². The molecule has 0 aliphatic carbocycles. The molecule has 42 heavy (non-hydrogen) atoms. The highest BCUT2D eigenvalue weighted by atomic mass is 35.5. The molecule has 4 N–H and O–H groups in total. The molecule has 1 atom stereocenters. The van der Waals surface area contributed by atoms with Gasteiger partial charge in [0.25, 0.3) is 0 Å². The van der Waals surface area contributed by atoms with Crippen LogP contribution in [0.25, 0.3) is 6.08 Å². The molecule has 1 heterocycles. The second-order valence-electron chi connectivity index (χ2n) is 8.99. The van der Waals surface area contributed by atoms with Crippen LogP contribution in [0.3, 0.4) is 0 Å². The molecule has 13 heteroatoms. The van der Waals surface area contributed by atoms with Crippen molar-refractivity contribution >= 4 is 60.1 Å². The lowest BCUT2D eigenvalue weighted by Crippen LogP contribution is -2.44. The first-order valence-corrected chi connectivity index (χ1v) is 15.2. The van der Waals surface area contributed by atoms with Gasteiger partial charge in [0, 0.05) is 28.8 Å². The van der Waals surface area contributed by atoms with Gasteiger partial charge in [-0.05, 0) is 68.0 Å². The van der Waals surface area contributed by atoms with Gasteiger partial charge in [0.05, 0.1) is 24.2 Å². The zero-order chi connectivity index (χ0) is 30.0. The van der Waals surface area contributed by atoms with Crippen LogP contribution in [-0.2, 0) is 29.6 Å². The van der Waals surface area contributed by atoms with Crippen LogP contribution in [0.15, 0.2) is 84.0 Å². The maximum absolute atomic E-state index is 13.4. The largest absolute Gasteiger partial charge is 0.361 e. The van der Waals surface area contributed by atoms with Crippen LogP contribution < -0.4 is 32.0 Å². The van der Waals surface area contributed by atoms with E-state index in [1.165, 1.54) is 6.08 Å². The number of hydrazine groups is 2. The minimum Gasteiger partial charge on any atom is -0.340 e. The number of rotatable bonds is 13. The van der Waals surface area contributed by atoms with E-state index in [0.29, 0.717) is 27.3 Å². The number of hydrazone groups is 1. The molecule has 0 aromatic heterocycles. The normalized spacial score (nSPS) is 13.6. The number of anilines is 2. The Morgan fingerprint density at radius 2 is 1.76 bits per heavy atom. The molecule has 1 aliphatic heterocycles. The third kappa shape index (κ3) is 8.28. The van der Waals surface area contributed by atoms with E-state index in [2.05, 4.69) is 26.8 Å². The van der Waals surface area contributed by atoms with Gasteiger partial charge in [0.15, 0.2) is 0 Å². The first-order chi connectivity index (χ1) is 20.3. The number of hydrogen-bond donors (Lipinski definition) is 4. The first kappa shape index (κ1) is 31.0. The van der Waals surface area contributed by atoms with Crippen LogP contribution in [0.1, 0.15) is 25.0 Å². The molecule has 4 rings (SSSR count). The minimum atomic E-state index is -3.46. The lowest BCUT2D eigenvalue weighted by Gasteiger charge is -2.19. The van der Waals surface area contributed by atoms with Crippen molar-refractivity contribution in [1.29, 1.82) is 0 Å². The van der Waals surface area contributed by atoms with Crippen molar-refractivity contribution in [3.8, 4) is 0 Å². The van der Waals surface area contributed by atoms with Crippen molar-refractivity contribution < 1.29 is 23.2 Å². The van der Waals surface area contributed by atoms with Crippen LogP contribution >= 0.6 is 19.2 Å². The Kier molecular flexibility index (Phi) is 10.9. The number of nitrogens with zero attached hydrogens (tertiary/aromatic N) is 2. The number of carbonyl (C=O) groups excluding carboxylic acids is 2. The molecule has 0 saturated heterocycles. The molecule has 0 fully saturated rings. The molecule has 2 amide bonds. The van der Waals surface area contributed by atoms with Crippen LogP contribution in [0.5, 0.6) is 0 Å². The molecule has 220 valence electrons. The van der Waals surface area contributed by atoms with Gasteiger partial charge < -0.3 is 19.7 Å². The number of benzene rings is 3. The lowest BCUT2D eigenvalue weighted by atomic mass is 10.0. The standard InChI is InChI=1S/C29H32ClN6O5P/c1-3-40-42(39,41-4-2)25-14-12-24(13-15-25)32-29(38)26(18-21-8-6-5-7-9-21)33-28(37)17-10-22-19-23(30)11-16-27(22)36-20-31-34-35-36/h5-17,19-20,26,34-35H,3-4,18H2,1-2H3,(H,32,38)(H,33,37)/b17-10+/t26-/m0/s1. The molecule has 0 saturated carbocycles. The topological polar surface area (TPSA) is 133 Å². The summed E-state index contributed by atoms with van der Waals surface area (Å²) >= 11 is 6.19. The summed E-state index contributed by atoms with van der Waals surface area (Å²) in [5.41, 5.74) is 8.15. The molecular formula is C29H32ClN6O5P. The van der Waals surface area contributed by atoms with E-state index >= 15 is 0 Å². The van der Waals surface area contributed by atoms with Gasteiger partial charge in [-0.3, -0.25) is 14.2 Å². The Bertz CT molecular complexity index is 1480. The van der Waals surface area contributed by atoms with Gasteiger partial charge in [-0.15, -0.1) is 5.53 Å². The smallest absolute Gasteiger partial charge is 0.340 e. The Labute approximate surface area is 249 Å². The predicted octanol–water partition coefficient (Wildman–Crippen LogP) is 4.38. The van der Waals surface area contributed by atoms with Crippen molar-refractivity contribution in [1.82, 2.24) is 16.4 Å². The summed E-state index contributed by atoms with van der Waals surface area (Å²) in [6, 6.07) is 20.1. The summed E-state index contributed by atoms with van der Waals surface area (Å²) in [6.45, 7) is 3.93. The fourth-order valence-corrected chi connectivity index (χ4v) is 5.87. The molecule has 3 aromatic rings. The summed E-state index contributed by atoms with van der Waals surface area (Å²) in [6.07, 6.45) is 4.75. The van der Waals surface area contributed by atoms with Gasteiger partial charge in [-0.1, -0.05) is 41.9 Å². The Morgan fingerprint density at radius 1 is 1.05 bits per heavy atom. The highest BCUT2D eigenvalue weighted by Crippen LogP contribution is 2.46. The van der Waals surface area contributed by atoms with Crippen LogP contribution in [0.4, 0.5) is 11.4 Å². The maximum atomic E-state index is 13.4. The average Bonchev–Trinajstić information content (AvgIpc) is 3.52. The Balaban J connectivity index is 1.50. The van der Waals surface area contributed by atoms with Crippen LogP contribution in [0.2, 0.25) is 5.02 Å². The molecule has 11 nitrogen and oxygen atoms in total. The number of halogens is 1. The fourth-order valence-electron chi connectivity index (χ4n) is 4.13. The van der Waals surface area contributed by atoms with E-state index in [-0.39, 0.29) is 19.6 Å². The van der Waals surface area contributed by atoms with E-state index in [4.69, 9.17) is 20.6 Å². The number of carbonyl (C=O) groups is 2. The molecule has 0 unspecified atom stereocenters. The van der Waals surface area contributed by atoms with Crippen molar-refractivity contribution in [3.05, 3.63) is 95.0 Å². The molecule has 0 bridgehead atoms. The third-order valence-corrected chi connectivity index (χ3v) is 8.40. The number of hydrogen-bond acceptors (Lipinski definition) is 9. The van der Waals surface area contributed by atoms with Gasteiger partial charge in [-0.2, -0.15) is 5.10 Å². The first-order valence-electron chi connectivity index (χ1n) is 13.3. The predicted molar refractivity (Wildman–Crippen MR) is 165 cm³/mol. The van der Waals surface area contributed by atoms with Crippen molar-refractivity contribution in [2.75, 3.05) is 23.5 Å². The summed E-state index contributed by atoms with van der Waals surface area (Å²) in [7, 11) is -3.46. The maximum Gasteiger partial charge on any atom is 0.361 e. The van der Waals surface area contributed by atoms with E-state index in [1.807, 2.05) is 30.3 Å². The van der Waals surface area contributed by atoms with E-state index in [0.717, 1.165) is 5.56 Å². The van der Waals surface area contributed by atoms with Gasteiger partial charge in [0.2, 0.25) is 11.8 Å². The van der Waals surface area contributed by atoms with E-state index < -0.39 is 25.5 Å². The van der Waals surface area contributed by atoms with Crippen molar-refractivity contribution in [2.24, 2.45) is 5.10 Å².